The number of amides is 1. The predicted octanol–water partition coefficient (Wildman–Crippen LogP) is -0.850. The molecule has 1 atom stereocenters. The number of hydrogen-bond acceptors (Lipinski definition) is 7. The monoisotopic (exact) mass is 353 g/mol. The SMILES string of the molecule is O=C(CN1CCN(c2ncccn2)CC1)NC[C@H]1CCS(=O)(=O)C1. The first kappa shape index (κ1) is 17.1. The topological polar surface area (TPSA) is 95.5 Å². The summed E-state index contributed by atoms with van der Waals surface area (Å²) in [5.74, 6) is 1.19. The van der Waals surface area contributed by atoms with Gasteiger partial charge < -0.3 is 10.2 Å². The Kier molecular flexibility index (Phi) is 5.30. The van der Waals surface area contributed by atoms with Crippen LogP contribution in [0.2, 0.25) is 0 Å². The lowest BCUT2D eigenvalue weighted by molar-refractivity contribution is -0.122. The number of carbonyl (C=O) groups is 1. The molecule has 2 fully saturated rings. The summed E-state index contributed by atoms with van der Waals surface area (Å²) in [5, 5.41) is 2.87. The molecule has 3 rings (SSSR count). The maximum Gasteiger partial charge on any atom is 0.234 e. The molecular weight excluding hydrogens is 330 g/mol. The first-order valence-electron chi connectivity index (χ1n) is 8.23. The highest BCUT2D eigenvalue weighted by molar-refractivity contribution is 7.91. The molecule has 0 aromatic carbocycles. The number of nitrogens with one attached hydrogen (secondary N) is 1. The molecule has 0 bridgehead atoms. The van der Waals surface area contributed by atoms with Crippen molar-refractivity contribution in [1.29, 1.82) is 0 Å². The van der Waals surface area contributed by atoms with Crippen LogP contribution >= 0.6 is 0 Å². The van der Waals surface area contributed by atoms with Crippen LogP contribution in [0.5, 0.6) is 0 Å². The van der Waals surface area contributed by atoms with Crippen LogP contribution in [0, 0.1) is 5.92 Å². The van der Waals surface area contributed by atoms with Crippen molar-refractivity contribution in [3.63, 3.8) is 0 Å². The molecule has 2 aliphatic heterocycles. The van der Waals surface area contributed by atoms with E-state index in [9.17, 15) is 13.2 Å². The molecule has 1 aromatic rings. The van der Waals surface area contributed by atoms with Gasteiger partial charge in [0.1, 0.15) is 0 Å². The normalized spacial score (nSPS) is 24.0. The number of aromatic nitrogens is 2. The van der Waals surface area contributed by atoms with E-state index in [0.717, 1.165) is 32.1 Å². The number of piperazine rings is 1. The van der Waals surface area contributed by atoms with Gasteiger partial charge >= 0.3 is 0 Å². The zero-order valence-electron chi connectivity index (χ0n) is 13.6. The van der Waals surface area contributed by atoms with Gasteiger partial charge in [-0.25, -0.2) is 18.4 Å². The average Bonchev–Trinajstić information content (AvgIpc) is 2.94. The highest BCUT2D eigenvalue weighted by Crippen LogP contribution is 2.17. The van der Waals surface area contributed by atoms with Gasteiger partial charge in [0.2, 0.25) is 11.9 Å². The molecule has 0 radical (unpaired) electrons. The van der Waals surface area contributed by atoms with Gasteiger partial charge in [-0.15, -0.1) is 0 Å². The summed E-state index contributed by atoms with van der Waals surface area (Å²) in [6.45, 7) is 3.95. The molecular formula is C15H23N5O3S. The van der Waals surface area contributed by atoms with Crippen LogP contribution in [0.1, 0.15) is 6.42 Å². The fourth-order valence-corrected chi connectivity index (χ4v) is 4.97. The molecule has 1 amide bonds. The molecule has 0 saturated carbocycles. The molecule has 2 saturated heterocycles. The van der Waals surface area contributed by atoms with Crippen molar-refractivity contribution >= 4 is 21.7 Å². The molecule has 0 unspecified atom stereocenters. The van der Waals surface area contributed by atoms with Crippen LogP contribution in [-0.2, 0) is 14.6 Å². The van der Waals surface area contributed by atoms with Gasteiger partial charge in [0, 0.05) is 45.1 Å². The molecule has 24 heavy (non-hydrogen) atoms. The Hall–Kier alpha value is -1.74. The van der Waals surface area contributed by atoms with Crippen LogP contribution in [-0.4, -0.2) is 80.0 Å². The molecule has 0 aliphatic carbocycles. The van der Waals surface area contributed by atoms with Gasteiger partial charge in [-0.2, -0.15) is 0 Å². The predicted molar refractivity (Wildman–Crippen MR) is 90.5 cm³/mol. The van der Waals surface area contributed by atoms with Gasteiger partial charge in [0.25, 0.3) is 0 Å². The van der Waals surface area contributed by atoms with Crippen molar-refractivity contribution in [3.05, 3.63) is 18.5 Å². The summed E-state index contributed by atoms with van der Waals surface area (Å²) in [7, 11) is -2.88. The van der Waals surface area contributed by atoms with E-state index in [4.69, 9.17) is 0 Å². The van der Waals surface area contributed by atoms with Crippen LogP contribution in [0.3, 0.4) is 0 Å². The van der Waals surface area contributed by atoms with Crippen LogP contribution < -0.4 is 10.2 Å². The first-order chi connectivity index (χ1) is 11.5. The van der Waals surface area contributed by atoms with Gasteiger partial charge in [-0.3, -0.25) is 9.69 Å². The lowest BCUT2D eigenvalue weighted by atomic mass is 10.1. The van der Waals surface area contributed by atoms with E-state index in [2.05, 4.69) is 25.1 Å². The van der Waals surface area contributed by atoms with E-state index in [1.54, 1.807) is 18.5 Å². The Bertz CT molecular complexity index is 659. The maximum atomic E-state index is 12.0. The van der Waals surface area contributed by atoms with Gasteiger partial charge in [-0.05, 0) is 18.4 Å². The number of carbonyl (C=O) groups excluding carboxylic acids is 1. The second-order valence-corrected chi connectivity index (χ2v) is 8.61. The van der Waals surface area contributed by atoms with Gasteiger partial charge in [0.15, 0.2) is 9.84 Å². The Morgan fingerprint density at radius 3 is 2.54 bits per heavy atom. The number of nitrogens with zero attached hydrogens (tertiary/aromatic N) is 4. The second kappa shape index (κ2) is 7.43. The lowest BCUT2D eigenvalue weighted by Crippen LogP contribution is -2.50. The summed E-state index contributed by atoms with van der Waals surface area (Å²) >= 11 is 0. The van der Waals surface area contributed by atoms with E-state index in [-0.39, 0.29) is 23.3 Å². The third-order valence-electron chi connectivity index (χ3n) is 4.49. The maximum absolute atomic E-state index is 12.0. The van der Waals surface area contributed by atoms with E-state index in [1.165, 1.54) is 0 Å². The molecule has 9 heteroatoms. The molecule has 2 aliphatic rings. The first-order valence-corrected chi connectivity index (χ1v) is 10.1. The highest BCUT2D eigenvalue weighted by atomic mass is 32.2. The minimum Gasteiger partial charge on any atom is -0.355 e. The van der Waals surface area contributed by atoms with Gasteiger partial charge in [-0.1, -0.05) is 0 Å². The Morgan fingerprint density at radius 1 is 1.21 bits per heavy atom. The zero-order chi connectivity index (χ0) is 17.0. The fraction of sp³-hybridized carbons (Fsp3) is 0.667. The molecule has 3 heterocycles. The third kappa shape index (κ3) is 4.64. The molecule has 1 N–H and O–H groups in total. The standard InChI is InChI=1S/C15H23N5O3S/c21-14(18-10-13-2-9-24(22,23)12-13)11-19-5-7-20(8-6-19)15-16-3-1-4-17-15/h1,3-4,13H,2,5-12H2,(H,18,21)/t13-/m1/s1. The summed E-state index contributed by atoms with van der Waals surface area (Å²) in [6, 6.07) is 1.79. The quantitative estimate of drug-likeness (QED) is 0.737. The summed E-state index contributed by atoms with van der Waals surface area (Å²) in [4.78, 5) is 24.7. The Labute approximate surface area is 142 Å². The molecule has 132 valence electrons. The van der Waals surface area contributed by atoms with Crippen LogP contribution in [0.15, 0.2) is 18.5 Å². The Morgan fingerprint density at radius 2 is 1.92 bits per heavy atom. The van der Waals surface area contributed by atoms with E-state index in [1.807, 2.05) is 0 Å². The lowest BCUT2D eigenvalue weighted by Gasteiger charge is -2.34. The van der Waals surface area contributed by atoms with Gasteiger partial charge in [0.05, 0.1) is 18.1 Å². The zero-order valence-corrected chi connectivity index (χ0v) is 14.4. The average molecular weight is 353 g/mol. The van der Waals surface area contributed by atoms with E-state index in [0.29, 0.717) is 19.5 Å². The van der Waals surface area contributed by atoms with Crippen molar-refractivity contribution in [2.45, 2.75) is 6.42 Å². The number of sulfone groups is 1. The van der Waals surface area contributed by atoms with Crippen molar-refractivity contribution in [2.24, 2.45) is 5.92 Å². The Balaban J connectivity index is 1.37. The van der Waals surface area contributed by atoms with E-state index >= 15 is 0 Å². The fourth-order valence-electron chi connectivity index (χ4n) is 3.11. The van der Waals surface area contributed by atoms with Crippen molar-refractivity contribution < 1.29 is 13.2 Å². The van der Waals surface area contributed by atoms with Crippen molar-refractivity contribution in [3.8, 4) is 0 Å². The smallest absolute Gasteiger partial charge is 0.234 e. The minimum absolute atomic E-state index is 0.0382. The summed E-state index contributed by atoms with van der Waals surface area (Å²) in [5.41, 5.74) is 0. The largest absolute Gasteiger partial charge is 0.355 e. The molecule has 0 spiro atoms. The van der Waals surface area contributed by atoms with E-state index < -0.39 is 9.84 Å². The minimum atomic E-state index is -2.88. The molecule has 1 aromatic heterocycles. The number of hydrogen-bond donors (Lipinski definition) is 1. The summed E-state index contributed by atoms with van der Waals surface area (Å²) < 4.78 is 22.8. The third-order valence-corrected chi connectivity index (χ3v) is 6.33. The van der Waals surface area contributed by atoms with Crippen LogP contribution in [0.4, 0.5) is 5.95 Å². The number of rotatable bonds is 5. The molecule has 8 nitrogen and oxygen atoms in total. The van der Waals surface area contributed by atoms with Crippen molar-refractivity contribution in [2.75, 3.05) is 55.7 Å². The van der Waals surface area contributed by atoms with Crippen LogP contribution in [0.25, 0.3) is 0 Å². The number of anilines is 1. The second-order valence-electron chi connectivity index (χ2n) is 6.39. The van der Waals surface area contributed by atoms with Crippen molar-refractivity contribution in [1.82, 2.24) is 20.2 Å². The summed E-state index contributed by atoms with van der Waals surface area (Å²) in [6.07, 6.45) is 4.11. The highest BCUT2D eigenvalue weighted by Gasteiger charge is 2.28.